The Kier molecular flexibility index (Phi) is 7.56. The number of nitrogens with one attached hydrogen (secondary N) is 1. The van der Waals surface area contributed by atoms with Gasteiger partial charge in [-0.3, -0.25) is 0 Å². The van der Waals surface area contributed by atoms with Gasteiger partial charge in [-0.25, -0.2) is 8.42 Å². The zero-order chi connectivity index (χ0) is 15.0. The van der Waals surface area contributed by atoms with Gasteiger partial charge in [0.2, 0.25) is 0 Å². The molecular formula is C15H24ClNO2S. The standard InChI is InChI=1S/C15H24ClNO2S/c1-3-15(17-4-2)6-5-11-20(18,19)12-13-7-9-14(16)10-8-13/h7-10,15,17H,3-6,11-12H2,1-2H3. The van der Waals surface area contributed by atoms with Crippen molar-refractivity contribution >= 4 is 21.4 Å². The van der Waals surface area contributed by atoms with Gasteiger partial charge in [0.25, 0.3) is 0 Å². The minimum atomic E-state index is -3.04. The maximum absolute atomic E-state index is 12.1. The van der Waals surface area contributed by atoms with Crippen LogP contribution in [0, 0.1) is 0 Å². The van der Waals surface area contributed by atoms with E-state index in [1.807, 2.05) is 0 Å². The minimum Gasteiger partial charge on any atom is -0.314 e. The maximum Gasteiger partial charge on any atom is 0.154 e. The van der Waals surface area contributed by atoms with Gasteiger partial charge in [0.05, 0.1) is 11.5 Å². The summed E-state index contributed by atoms with van der Waals surface area (Å²) in [7, 11) is -3.04. The van der Waals surface area contributed by atoms with Crippen molar-refractivity contribution in [2.24, 2.45) is 0 Å². The topological polar surface area (TPSA) is 46.2 Å². The average molecular weight is 318 g/mol. The van der Waals surface area contributed by atoms with Gasteiger partial charge in [-0.2, -0.15) is 0 Å². The molecule has 5 heteroatoms. The van der Waals surface area contributed by atoms with E-state index in [1.165, 1.54) is 0 Å². The Morgan fingerprint density at radius 2 is 1.85 bits per heavy atom. The molecule has 0 spiro atoms. The average Bonchev–Trinajstić information content (AvgIpc) is 2.40. The molecule has 1 unspecified atom stereocenters. The Labute approximate surface area is 127 Å². The van der Waals surface area contributed by atoms with E-state index in [2.05, 4.69) is 19.2 Å². The van der Waals surface area contributed by atoms with Crippen LogP contribution in [0.3, 0.4) is 0 Å². The third kappa shape index (κ3) is 6.73. The first kappa shape index (κ1) is 17.5. The predicted molar refractivity (Wildman–Crippen MR) is 85.9 cm³/mol. The Morgan fingerprint density at radius 3 is 2.40 bits per heavy atom. The highest BCUT2D eigenvalue weighted by atomic mass is 35.5. The van der Waals surface area contributed by atoms with Gasteiger partial charge in [0, 0.05) is 11.1 Å². The summed E-state index contributed by atoms with van der Waals surface area (Å²) in [6.45, 7) is 5.12. The Hall–Kier alpha value is -0.580. The van der Waals surface area contributed by atoms with Crippen molar-refractivity contribution in [3.63, 3.8) is 0 Å². The van der Waals surface area contributed by atoms with Gasteiger partial charge >= 0.3 is 0 Å². The van der Waals surface area contributed by atoms with Gasteiger partial charge in [0.15, 0.2) is 9.84 Å². The van der Waals surface area contributed by atoms with E-state index in [9.17, 15) is 8.42 Å². The van der Waals surface area contributed by atoms with Crippen LogP contribution < -0.4 is 5.32 Å². The molecule has 0 aromatic heterocycles. The number of hydrogen-bond acceptors (Lipinski definition) is 3. The Morgan fingerprint density at radius 1 is 1.20 bits per heavy atom. The second-order valence-electron chi connectivity index (χ2n) is 5.02. The summed E-state index contributed by atoms with van der Waals surface area (Å²) >= 11 is 5.79. The maximum atomic E-state index is 12.1. The van der Waals surface area contributed by atoms with Crippen LogP contribution in [0.1, 0.15) is 38.7 Å². The lowest BCUT2D eigenvalue weighted by atomic mass is 10.1. The summed E-state index contributed by atoms with van der Waals surface area (Å²) in [6.07, 6.45) is 2.65. The molecular weight excluding hydrogens is 294 g/mol. The summed E-state index contributed by atoms with van der Waals surface area (Å²) in [6, 6.07) is 7.42. The molecule has 0 saturated carbocycles. The zero-order valence-corrected chi connectivity index (χ0v) is 13.8. The highest BCUT2D eigenvalue weighted by Gasteiger charge is 2.13. The van der Waals surface area contributed by atoms with E-state index in [0.29, 0.717) is 17.5 Å². The minimum absolute atomic E-state index is 0.0994. The molecule has 1 aromatic carbocycles. The molecule has 20 heavy (non-hydrogen) atoms. The molecule has 0 aliphatic carbocycles. The monoisotopic (exact) mass is 317 g/mol. The molecule has 0 amide bonds. The third-order valence-corrected chi connectivity index (χ3v) is 5.23. The van der Waals surface area contributed by atoms with Crippen LogP contribution in [0.5, 0.6) is 0 Å². The number of benzene rings is 1. The number of sulfone groups is 1. The number of rotatable bonds is 9. The molecule has 1 rings (SSSR count). The lowest BCUT2D eigenvalue weighted by molar-refractivity contribution is 0.474. The molecule has 114 valence electrons. The van der Waals surface area contributed by atoms with Crippen molar-refractivity contribution in [1.82, 2.24) is 5.32 Å². The summed E-state index contributed by atoms with van der Waals surface area (Å²) < 4.78 is 24.1. The molecule has 1 aromatic rings. The van der Waals surface area contributed by atoms with E-state index in [4.69, 9.17) is 11.6 Å². The van der Waals surface area contributed by atoms with Gasteiger partial charge in [-0.05, 0) is 43.5 Å². The van der Waals surface area contributed by atoms with Gasteiger partial charge in [-0.15, -0.1) is 0 Å². The first-order valence-corrected chi connectivity index (χ1v) is 9.35. The molecule has 0 aliphatic heterocycles. The second kappa shape index (κ2) is 8.65. The summed E-state index contributed by atoms with van der Waals surface area (Å²) in [5.74, 6) is 0.347. The number of halogens is 1. The molecule has 1 atom stereocenters. The van der Waals surface area contributed by atoms with E-state index in [0.717, 1.165) is 24.9 Å². The molecule has 0 bridgehead atoms. The van der Waals surface area contributed by atoms with Crippen LogP contribution >= 0.6 is 11.6 Å². The van der Waals surface area contributed by atoms with Crippen LogP contribution in [0.25, 0.3) is 0 Å². The molecule has 3 nitrogen and oxygen atoms in total. The molecule has 0 saturated heterocycles. The second-order valence-corrected chi connectivity index (χ2v) is 7.64. The predicted octanol–water partition coefficient (Wildman–Crippen LogP) is 3.42. The van der Waals surface area contributed by atoms with Crippen LogP contribution in [0.2, 0.25) is 5.02 Å². The van der Waals surface area contributed by atoms with Crippen LogP contribution in [0.15, 0.2) is 24.3 Å². The number of hydrogen-bond donors (Lipinski definition) is 1. The fourth-order valence-corrected chi connectivity index (χ4v) is 3.77. The smallest absolute Gasteiger partial charge is 0.154 e. The summed E-state index contributed by atoms with van der Waals surface area (Å²) in [5, 5.41) is 3.99. The summed E-state index contributed by atoms with van der Waals surface area (Å²) in [4.78, 5) is 0. The normalized spacial score (nSPS) is 13.3. The Balaban J connectivity index is 2.43. The first-order valence-electron chi connectivity index (χ1n) is 7.15. The fourth-order valence-electron chi connectivity index (χ4n) is 2.20. The quantitative estimate of drug-likeness (QED) is 0.759. The van der Waals surface area contributed by atoms with E-state index >= 15 is 0 Å². The summed E-state index contributed by atoms with van der Waals surface area (Å²) in [5.41, 5.74) is 0.799. The lowest BCUT2D eigenvalue weighted by Crippen LogP contribution is -2.28. The van der Waals surface area contributed by atoms with Gasteiger partial charge in [0.1, 0.15) is 0 Å². The van der Waals surface area contributed by atoms with Crippen LogP contribution in [0.4, 0.5) is 0 Å². The van der Waals surface area contributed by atoms with Crippen LogP contribution in [-0.2, 0) is 15.6 Å². The third-order valence-electron chi connectivity index (χ3n) is 3.29. The van der Waals surface area contributed by atoms with E-state index in [-0.39, 0.29) is 11.5 Å². The molecule has 1 N–H and O–H groups in total. The molecule has 0 fully saturated rings. The largest absolute Gasteiger partial charge is 0.314 e. The van der Waals surface area contributed by atoms with E-state index < -0.39 is 9.84 Å². The zero-order valence-electron chi connectivity index (χ0n) is 12.2. The van der Waals surface area contributed by atoms with Crippen molar-refractivity contribution in [3.05, 3.63) is 34.9 Å². The highest BCUT2D eigenvalue weighted by molar-refractivity contribution is 7.90. The van der Waals surface area contributed by atoms with Gasteiger partial charge in [-0.1, -0.05) is 37.6 Å². The Bertz CT molecular complexity index is 485. The lowest BCUT2D eigenvalue weighted by Gasteiger charge is -2.15. The fraction of sp³-hybridized carbons (Fsp3) is 0.600. The first-order chi connectivity index (χ1) is 9.46. The molecule has 0 aliphatic rings. The van der Waals surface area contributed by atoms with Crippen molar-refractivity contribution in [3.8, 4) is 0 Å². The van der Waals surface area contributed by atoms with Crippen molar-refractivity contribution in [2.45, 2.75) is 44.9 Å². The van der Waals surface area contributed by atoms with Crippen LogP contribution in [-0.4, -0.2) is 26.8 Å². The highest BCUT2D eigenvalue weighted by Crippen LogP contribution is 2.13. The molecule has 0 heterocycles. The van der Waals surface area contributed by atoms with Crippen molar-refractivity contribution in [1.29, 1.82) is 0 Å². The van der Waals surface area contributed by atoms with E-state index in [1.54, 1.807) is 24.3 Å². The van der Waals surface area contributed by atoms with Crippen molar-refractivity contribution < 1.29 is 8.42 Å². The molecule has 0 radical (unpaired) electrons. The van der Waals surface area contributed by atoms with Crippen molar-refractivity contribution in [2.75, 3.05) is 12.3 Å². The SMILES string of the molecule is CCNC(CC)CCCS(=O)(=O)Cc1ccc(Cl)cc1. The van der Waals surface area contributed by atoms with Gasteiger partial charge < -0.3 is 5.32 Å².